The van der Waals surface area contributed by atoms with Crippen molar-refractivity contribution in [1.29, 1.82) is 0 Å². The molecule has 21 heavy (non-hydrogen) atoms. The molecule has 0 bridgehead atoms. The number of rotatable bonds is 6. The highest BCUT2D eigenvalue weighted by atomic mass is 16.5. The molecule has 1 heterocycles. The smallest absolute Gasteiger partial charge is 0.249 e. The molecule has 0 saturated carbocycles. The van der Waals surface area contributed by atoms with Crippen molar-refractivity contribution in [2.45, 2.75) is 31.4 Å². The lowest BCUT2D eigenvalue weighted by atomic mass is 10.0. The van der Waals surface area contributed by atoms with Gasteiger partial charge in [0.05, 0.1) is 7.11 Å². The maximum Gasteiger partial charge on any atom is 0.249 e. The predicted molar refractivity (Wildman–Crippen MR) is 76.8 cm³/mol. The summed E-state index contributed by atoms with van der Waals surface area (Å²) in [4.78, 5) is 23.5. The molecule has 6 heteroatoms. The number of ether oxygens (including phenoxy) is 2. The summed E-state index contributed by atoms with van der Waals surface area (Å²) in [7, 11) is 1.57. The summed E-state index contributed by atoms with van der Waals surface area (Å²) >= 11 is 0. The molecule has 1 saturated heterocycles. The van der Waals surface area contributed by atoms with Crippen LogP contribution in [0.25, 0.3) is 0 Å². The van der Waals surface area contributed by atoms with E-state index in [4.69, 9.17) is 15.2 Å². The first-order valence-electron chi connectivity index (χ1n) is 6.94. The quantitative estimate of drug-likeness (QED) is 0.793. The van der Waals surface area contributed by atoms with E-state index in [1.165, 1.54) is 0 Å². The van der Waals surface area contributed by atoms with Crippen LogP contribution in [0.1, 0.15) is 18.4 Å². The summed E-state index contributed by atoms with van der Waals surface area (Å²) < 4.78 is 10.4. The van der Waals surface area contributed by atoms with Gasteiger partial charge in [-0.25, -0.2) is 0 Å². The van der Waals surface area contributed by atoms with Crippen LogP contribution >= 0.6 is 0 Å². The number of hydrogen-bond donors (Lipinski definition) is 2. The first kappa shape index (κ1) is 15.3. The molecule has 0 radical (unpaired) electrons. The summed E-state index contributed by atoms with van der Waals surface area (Å²) in [5.74, 6) is -0.149. The van der Waals surface area contributed by atoms with Crippen molar-refractivity contribution in [3.8, 4) is 5.75 Å². The van der Waals surface area contributed by atoms with Crippen LogP contribution < -0.4 is 15.8 Å². The first-order chi connectivity index (χ1) is 10.1. The van der Waals surface area contributed by atoms with Crippen molar-refractivity contribution in [3.63, 3.8) is 0 Å². The van der Waals surface area contributed by atoms with E-state index in [9.17, 15) is 9.59 Å². The molecular formula is C15H20N2O4. The van der Waals surface area contributed by atoms with Crippen LogP contribution in [0, 0.1) is 0 Å². The molecule has 1 fully saturated rings. The van der Waals surface area contributed by atoms with Gasteiger partial charge in [-0.2, -0.15) is 0 Å². The topological polar surface area (TPSA) is 90.7 Å². The van der Waals surface area contributed by atoms with Crippen LogP contribution in [0.3, 0.4) is 0 Å². The Hall–Kier alpha value is -2.08. The van der Waals surface area contributed by atoms with Gasteiger partial charge >= 0.3 is 0 Å². The van der Waals surface area contributed by atoms with Crippen molar-refractivity contribution in [1.82, 2.24) is 5.32 Å². The average Bonchev–Trinajstić information content (AvgIpc) is 3.01. The van der Waals surface area contributed by atoms with Gasteiger partial charge in [-0.3, -0.25) is 9.59 Å². The second-order valence-corrected chi connectivity index (χ2v) is 5.02. The number of carbonyl (C=O) groups excluding carboxylic acids is 2. The zero-order chi connectivity index (χ0) is 15.2. The van der Waals surface area contributed by atoms with Gasteiger partial charge in [0.2, 0.25) is 11.8 Å². The molecule has 0 unspecified atom stereocenters. The Balaban J connectivity index is 2.01. The molecule has 0 spiro atoms. The number of amides is 2. The lowest BCUT2D eigenvalue weighted by molar-refractivity contribution is -0.133. The van der Waals surface area contributed by atoms with Crippen molar-refractivity contribution < 1.29 is 19.1 Å². The van der Waals surface area contributed by atoms with Crippen LogP contribution in [-0.2, 0) is 20.7 Å². The Morgan fingerprint density at radius 1 is 1.52 bits per heavy atom. The van der Waals surface area contributed by atoms with E-state index in [0.29, 0.717) is 25.2 Å². The third kappa shape index (κ3) is 4.19. The molecule has 0 aromatic heterocycles. The molecule has 2 amide bonds. The molecular weight excluding hydrogens is 272 g/mol. The zero-order valence-corrected chi connectivity index (χ0v) is 12.0. The fourth-order valence-electron chi connectivity index (χ4n) is 2.31. The summed E-state index contributed by atoms with van der Waals surface area (Å²) in [6, 6.07) is 6.56. The Morgan fingerprint density at radius 2 is 2.33 bits per heavy atom. The highest BCUT2D eigenvalue weighted by Crippen LogP contribution is 2.15. The van der Waals surface area contributed by atoms with Crippen LogP contribution in [0.2, 0.25) is 0 Å². The van der Waals surface area contributed by atoms with E-state index in [1.807, 2.05) is 24.3 Å². The largest absolute Gasteiger partial charge is 0.497 e. The number of methoxy groups -OCH3 is 1. The summed E-state index contributed by atoms with van der Waals surface area (Å²) in [6.07, 6.45) is 1.38. The highest BCUT2D eigenvalue weighted by Gasteiger charge is 2.27. The highest BCUT2D eigenvalue weighted by molar-refractivity contribution is 5.88. The van der Waals surface area contributed by atoms with Crippen molar-refractivity contribution in [2.75, 3.05) is 13.7 Å². The van der Waals surface area contributed by atoms with Gasteiger partial charge in [-0.1, -0.05) is 12.1 Å². The van der Waals surface area contributed by atoms with Gasteiger partial charge < -0.3 is 20.5 Å². The molecule has 2 rings (SSSR count). The number of benzene rings is 1. The van der Waals surface area contributed by atoms with E-state index >= 15 is 0 Å². The van der Waals surface area contributed by atoms with Gasteiger partial charge in [0.25, 0.3) is 0 Å². The molecule has 0 aliphatic carbocycles. The second kappa shape index (κ2) is 7.08. The third-order valence-electron chi connectivity index (χ3n) is 3.46. The molecule has 1 aliphatic heterocycles. The Labute approximate surface area is 123 Å². The molecule has 2 atom stereocenters. The minimum atomic E-state index is -0.756. The predicted octanol–water partition coefficient (Wildman–Crippen LogP) is 0.387. The van der Waals surface area contributed by atoms with Crippen molar-refractivity contribution in [2.24, 2.45) is 5.73 Å². The Kier molecular flexibility index (Phi) is 5.16. The first-order valence-corrected chi connectivity index (χ1v) is 6.94. The minimum Gasteiger partial charge on any atom is -0.497 e. The van der Waals surface area contributed by atoms with Crippen LogP contribution in [0.4, 0.5) is 0 Å². The van der Waals surface area contributed by atoms with Crippen LogP contribution in [-0.4, -0.2) is 37.7 Å². The van der Waals surface area contributed by atoms with Gasteiger partial charge in [0.15, 0.2) is 0 Å². The van der Waals surface area contributed by atoms with Gasteiger partial charge in [0, 0.05) is 13.0 Å². The number of primary amides is 1. The maximum absolute atomic E-state index is 12.0. The fourth-order valence-corrected chi connectivity index (χ4v) is 2.31. The second-order valence-electron chi connectivity index (χ2n) is 5.02. The molecule has 1 aliphatic rings. The summed E-state index contributed by atoms with van der Waals surface area (Å²) in [5, 5.41) is 2.67. The maximum atomic E-state index is 12.0. The fraction of sp³-hybridized carbons (Fsp3) is 0.467. The van der Waals surface area contributed by atoms with Gasteiger partial charge in [0.1, 0.15) is 17.9 Å². The summed E-state index contributed by atoms with van der Waals surface area (Å²) in [6.45, 7) is 0.579. The monoisotopic (exact) mass is 292 g/mol. The van der Waals surface area contributed by atoms with E-state index in [2.05, 4.69) is 5.32 Å². The Morgan fingerprint density at radius 3 is 2.95 bits per heavy atom. The minimum absolute atomic E-state index is 0.279. The van der Waals surface area contributed by atoms with Crippen molar-refractivity contribution >= 4 is 11.8 Å². The SMILES string of the molecule is COc1cccc(C[C@@H](NC(=O)[C@@H]2CCCO2)C(N)=O)c1. The molecule has 3 N–H and O–H groups in total. The third-order valence-corrected chi connectivity index (χ3v) is 3.46. The average molecular weight is 292 g/mol. The molecule has 1 aromatic carbocycles. The molecule has 114 valence electrons. The number of hydrogen-bond acceptors (Lipinski definition) is 4. The zero-order valence-electron chi connectivity index (χ0n) is 12.0. The number of carbonyl (C=O) groups is 2. The summed E-state index contributed by atoms with van der Waals surface area (Å²) in [5.41, 5.74) is 6.24. The van der Waals surface area contributed by atoms with Crippen molar-refractivity contribution in [3.05, 3.63) is 29.8 Å². The molecule has 1 aromatic rings. The standard InChI is InChI=1S/C15H20N2O4/c1-20-11-5-2-4-10(8-11)9-12(14(16)18)17-15(19)13-6-3-7-21-13/h2,4-5,8,12-13H,3,6-7,9H2,1H3,(H2,16,18)(H,17,19)/t12-,13+/m1/s1. The van der Waals surface area contributed by atoms with E-state index < -0.39 is 18.1 Å². The van der Waals surface area contributed by atoms with E-state index in [1.54, 1.807) is 7.11 Å². The lowest BCUT2D eigenvalue weighted by Gasteiger charge is -2.18. The number of nitrogens with two attached hydrogens (primary N) is 1. The van der Waals surface area contributed by atoms with E-state index in [-0.39, 0.29) is 5.91 Å². The van der Waals surface area contributed by atoms with Gasteiger partial charge in [-0.05, 0) is 30.5 Å². The molecule has 6 nitrogen and oxygen atoms in total. The number of nitrogens with one attached hydrogen (secondary N) is 1. The van der Waals surface area contributed by atoms with Crippen LogP contribution in [0.15, 0.2) is 24.3 Å². The van der Waals surface area contributed by atoms with Crippen LogP contribution in [0.5, 0.6) is 5.75 Å². The van der Waals surface area contributed by atoms with E-state index in [0.717, 1.165) is 12.0 Å². The Bertz CT molecular complexity index is 512. The normalized spacial score (nSPS) is 19.0. The van der Waals surface area contributed by atoms with Gasteiger partial charge in [-0.15, -0.1) is 0 Å². The lowest BCUT2D eigenvalue weighted by Crippen LogP contribution is -2.49.